The van der Waals surface area contributed by atoms with Crippen LogP contribution in [0.15, 0.2) is 52.5 Å². The highest BCUT2D eigenvalue weighted by atomic mass is 32.2. The minimum Gasteiger partial charge on any atom is -0.313 e. The summed E-state index contributed by atoms with van der Waals surface area (Å²) in [5.74, 6) is -0.193. The molecule has 0 spiro atoms. The van der Waals surface area contributed by atoms with Crippen LogP contribution in [0, 0.1) is 5.82 Å². The van der Waals surface area contributed by atoms with Crippen LogP contribution in [0.2, 0.25) is 0 Å². The number of benzene rings is 1. The second kappa shape index (κ2) is 6.52. The lowest BCUT2D eigenvalue weighted by molar-refractivity contribution is 0.619. The average molecular weight is 262 g/mol. The third kappa shape index (κ3) is 3.55. The van der Waals surface area contributed by atoms with Crippen LogP contribution < -0.4 is 5.32 Å². The molecule has 18 heavy (non-hydrogen) atoms. The van der Waals surface area contributed by atoms with Gasteiger partial charge in [0.15, 0.2) is 0 Å². The first-order chi connectivity index (χ1) is 8.79. The largest absolute Gasteiger partial charge is 0.313 e. The molecule has 4 heteroatoms. The van der Waals surface area contributed by atoms with Crippen LogP contribution in [0.4, 0.5) is 4.39 Å². The molecule has 0 saturated heterocycles. The molecule has 0 radical (unpaired) electrons. The molecule has 0 unspecified atom stereocenters. The molecule has 2 rings (SSSR count). The van der Waals surface area contributed by atoms with Crippen molar-refractivity contribution >= 4 is 11.8 Å². The van der Waals surface area contributed by atoms with Crippen molar-refractivity contribution < 1.29 is 4.39 Å². The van der Waals surface area contributed by atoms with E-state index >= 15 is 0 Å². The highest BCUT2D eigenvalue weighted by molar-refractivity contribution is 7.99. The number of nitrogens with one attached hydrogen (secondary N) is 1. The van der Waals surface area contributed by atoms with Gasteiger partial charge in [0.05, 0.1) is 0 Å². The summed E-state index contributed by atoms with van der Waals surface area (Å²) in [7, 11) is 0. The SMILES string of the molecule is CCNCc1cc(F)ccc1Sc1ccncc1. The van der Waals surface area contributed by atoms with Gasteiger partial charge in [0.1, 0.15) is 5.82 Å². The van der Waals surface area contributed by atoms with Gasteiger partial charge in [-0.05, 0) is 42.4 Å². The number of hydrogen-bond acceptors (Lipinski definition) is 3. The van der Waals surface area contributed by atoms with Gasteiger partial charge in [-0.15, -0.1) is 0 Å². The third-order valence-corrected chi connectivity index (χ3v) is 3.59. The van der Waals surface area contributed by atoms with Gasteiger partial charge in [0.25, 0.3) is 0 Å². The van der Waals surface area contributed by atoms with Gasteiger partial charge < -0.3 is 5.32 Å². The zero-order valence-electron chi connectivity index (χ0n) is 10.2. The molecular formula is C14H15FN2S. The van der Waals surface area contributed by atoms with E-state index in [1.807, 2.05) is 25.1 Å². The number of nitrogens with zero attached hydrogens (tertiary/aromatic N) is 1. The number of aromatic nitrogens is 1. The number of halogens is 1. The quantitative estimate of drug-likeness (QED) is 0.893. The molecule has 0 atom stereocenters. The van der Waals surface area contributed by atoms with Gasteiger partial charge in [-0.1, -0.05) is 18.7 Å². The molecule has 1 aromatic carbocycles. The smallest absolute Gasteiger partial charge is 0.123 e. The van der Waals surface area contributed by atoms with Gasteiger partial charge in [-0.3, -0.25) is 4.98 Å². The summed E-state index contributed by atoms with van der Waals surface area (Å²) in [4.78, 5) is 6.17. The molecule has 0 amide bonds. The Labute approximate surface area is 111 Å². The molecule has 0 saturated carbocycles. The maximum absolute atomic E-state index is 13.3. The zero-order valence-corrected chi connectivity index (χ0v) is 11.0. The highest BCUT2D eigenvalue weighted by Gasteiger charge is 2.05. The van der Waals surface area contributed by atoms with Crippen molar-refractivity contribution in [2.24, 2.45) is 0 Å². The fraction of sp³-hybridized carbons (Fsp3) is 0.214. The summed E-state index contributed by atoms with van der Waals surface area (Å²) < 4.78 is 13.3. The number of pyridine rings is 1. The van der Waals surface area contributed by atoms with E-state index < -0.39 is 0 Å². The monoisotopic (exact) mass is 262 g/mol. The molecule has 0 aliphatic heterocycles. The van der Waals surface area contributed by atoms with Crippen LogP contribution in [0.25, 0.3) is 0 Å². The Bertz CT molecular complexity index is 502. The standard InChI is InChI=1S/C14H15FN2S/c1-2-16-10-11-9-12(15)3-4-14(11)18-13-5-7-17-8-6-13/h3-9,16H,2,10H2,1H3. The van der Waals surface area contributed by atoms with Gasteiger partial charge >= 0.3 is 0 Å². The Morgan fingerprint density at radius 3 is 2.72 bits per heavy atom. The summed E-state index contributed by atoms with van der Waals surface area (Å²) >= 11 is 1.63. The molecule has 1 N–H and O–H groups in total. The molecule has 0 aliphatic rings. The molecular weight excluding hydrogens is 247 g/mol. The van der Waals surface area contributed by atoms with E-state index in [0.29, 0.717) is 6.54 Å². The number of rotatable bonds is 5. The minimum atomic E-state index is -0.193. The van der Waals surface area contributed by atoms with Crippen LogP contribution in [0.1, 0.15) is 12.5 Å². The minimum absolute atomic E-state index is 0.193. The maximum atomic E-state index is 13.3. The van der Waals surface area contributed by atoms with Crippen molar-refractivity contribution in [3.05, 3.63) is 54.1 Å². The topological polar surface area (TPSA) is 24.9 Å². The van der Waals surface area contributed by atoms with E-state index in [2.05, 4.69) is 10.3 Å². The third-order valence-electron chi connectivity index (χ3n) is 2.47. The summed E-state index contributed by atoms with van der Waals surface area (Å²) in [6.07, 6.45) is 3.52. The Morgan fingerprint density at radius 2 is 2.00 bits per heavy atom. The first-order valence-corrected chi connectivity index (χ1v) is 6.68. The predicted octanol–water partition coefficient (Wildman–Crippen LogP) is 3.48. The maximum Gasteiger partial charge on any atom is 0.123 e. The van der Waals surface area contributed by atoms with E-state index in [1.54, 1.807) is 30.2 Å². The van der Waals surface area contributed by atoms with Gasteiger partial charge in [-0.25, -0.2) is 4.39 Å². The summed E-state index contributed by atoms with van der Waals surface area (Å²) in [5, 5.41) is 3.23. The van der Waals surface area contributed by atoms with E-state index in [-0.39, 0.29) is 5.82 Å². The van der Waals surface area contributed by atoms with Crippen molar-refractivity contribution in [2.75, 3.05) is 6.54 Å². The Hall–Kier alpha value is -1.39. The van der Waals surface area contributed by atoms with Crippen molar-refractivity contribution in [2.45, 2.75) is 23.3 Å². The molecule has 94 valence electrons. The van der Waals surface area contributed by atoms with Crippen LogP contribution in [0.5, 0.6) is 0 Å². The van der Waals surface area contributed by atoms with Gasteiger partial charge in [0.2, 0.25) is 0 Å². The van der Waals surface area contributed by atoms with Crippen molar-refractivity contribution in [3.63, 3.8) is 0 Å². The fourth-order valence-electron chi connectivity index (χ4n) is 1.58. The summed E-state index contributed by atoms with van der Waals surface area (Å²) in [5.41, 5.74) is 0.985. The predicted molar refractivity (Wildman–Crippen MR) is 72.1 cm³/mol. The molecule has 0 bridgehead atoms. The Kier molecular flexibility index (Phi) is 4.73. The average Bonchev–Trinajstić information content (AvgIpc) is 2.40. The van der Waals surface area contributed by atoms with E-state index in [1.165, 1.54) is 6.07 Å². The molecule has 2 nitrogen and oxygen atoms in total. The fourth-order valence-corrected chi connectivity index (χ4v) is 2.49. The van der Waals surface area contributed by atoms with Crippen LogP contribution in [0.3, 0.4) is 0 Å². The second-order valence-corrected chi connectivity index (χ2v) is 4.93. The van der Waals surface area contributed by atoms with Crippen molar-refractivity contribution in [1.82, 2.24) is 10.3 Å². The van der Waals surface area contributed by atoms with E-state index in [0.717, 1.165) is 21.9 Å². The molecule has 1 heterocycles. The molecule has 0 aliphatic carbocycles. The highest BCUT2D eigenvalue weighted by Crippen LogP contribution is 2.30. The zero-order chi connectivity index (χ0) is 12.8. The summed E-state index contributed by atoms with van der Waals surface area (Å²) in [6, 6.07) is 8.81. The van der Waals surface area contributed by atoms with Gasteiger partial charge in [0, 0.05) is 28.7 Å². The first kappa shape index (κ1) is 13.1. The second-order valence-electron chi connectivity index (χ2n) is 3.82. The summed E-state index contributed by atoms with van der Waals surface area (Å²) in [6.45, 7) is 3.59. The van der Waals surface area contributed by atoms with Gasteiger partial charge in [-0.2, -0.15) is 0 Å². The molecule has 0 fully saturated rings. The lowest BCUT2D eigenvalue weighted by Gasteiger charge is -2.09. The van der Waals surface area contributed by atoms with E-state index in [4.69, 9.17) is 0 Å². The van der Waals surface area contributed by atoms with Crippen molar-refractivity contribution in [1.29, 1.82) is 0 Å². The lowest BCUT2D eigenvalue weighted by Crippen LogP contribution is -2.12. The Morgan fingerprint density at radius 1 is 1.22 bits per heavy atom. The van der Waals surface area contributed by atoms with Crippen LogP contribution in [-0.4, -0.2) is 11.5 Å². The Balaban J connectivity index is 2.21. The first-order valence-electron chi connectivity index (χ1n) is 5.86. The van der Waals surface area contributed by atoms with Crippen LogP contribution >= 0.6 is 11.8 Å². The number of hydrogen-bond donors (Lipinski definition) is 1. The van der Waals surface area contributed by atoms with E-state index in [9.17, 15) is 4.39 Å². The van der Waals surface area contributed by atoms with Crippen LogP contribution in [-0.2, 0) is 6.54 Å². The molecule has 2 aromatic rings. The van der Waals surface area contributed by atoms with Crippen molar-refractivity contribution in [3.8, 4) is 0 Å². The molecule has 1 aromatic heterocycles. The lowest BCUT2D eigenvalue weighted by atomic mass is 10.2. The normalized spacial score (nSPS) is 10.6.